The predicted molar refractivity (Wildman–Crippen MR) is 94.7 cm³/mol. The molecule has 126 valence electrons. The van der Waals surface area contributed by atoms with Gasteiger partial charge >= 0.3 is 0 Å². The minimum atomic E-state index is -0.502. The minimum Gasteiger partial charge on any atom is -0.496 e. The Hall–Kier alpha value is -2.49. The van der Waals surface area contributed by atoms with Crippen molar-refractivity contribution in [2.75, 3.05) is 12.4 Å². The third-order valence-electron chi connectivity index (χ3n) is 4.31. The van der Waals surface area contributed by atoms with Crippen LogP contribution in [-0.2, 0) is 10.2 Å². The molecule has 4 nitrogen and oxygen atoms in total. The molecule has 1 saturated carbocycles. The van der Waals surface area contributed by atoms with E-state index in [-0.39, 0.29) is 12.0 Å². The Labute approximate surface area is 142 Å². The lowest BCUT2D eigenvalue weighted by atomic mass is 9.94. The minimum absolute atomic E-state index is 0.00759. The highest BCUT2D eigenvalue weighted by molar-refractivity contribution is 6.02. The molecule has 0 heterocycles. The quantitative estimate of drug-likeness (QED) is 0.868. The monoisotopic (exact) mass is 325 g/mol. The van der Waals surface area contributed by atoms with E-state index < -0.39 is 5.41 Å². The summed E-state index contributed by atoms with van der Waals surface area (Å²) < 4.78 is 11.2. The number of anilines is 1. The van der Waals surface area contributed by atoms with Crippen LogP contribution < -0.4 is 14.8 Å². The molecule has 0 atom stereocenters. The molecule has 2 aromatic rings. The van der Waals surface area contributed by atoms with Crippen LogP contribution in [-0.4, -0.2) is 19.1 Å². The van der Waals surface area contributed by atoms with E-state index >= 15 is 0 Å². The molecule has 4 heteroatoms. The van der Waals surface area contributed by atoms with Crippen LogP contribution in [0.3, 0.4) is 0 Å². The maximum Gasteiger partial charge on any atom is 0.235 e. The van der Waals surface area contributed by atoms with E-state index in [1.165, 1.54) is 0 Å². The summed E-state index contributed by atoms with van der Waals surface area (Å²) in [5.74, 6) is 1.44. The van der Waals surface area contributed by atoms with Gasteiger partial charge in [-0.25, -0.2) is 0 Å². The Kier molecular flexibility index (Phi) is 4.47. The second-order valence-corrected chi connectivity index (χ2v) is 6.40. The van der Waals surface area contributed by atoms with Crippen LogP contribution in [0.15, 0.2) is 48.5 Å². The molecular formula is C20H23NO3. The molecule has 1 amide bonds. The van der Waals surface area contributed by atoms with Crippen LogP contribution >= 0.6 is 0 Å². The van der Waals surface area contributed by atoms with Crippen molar-refractivity contribution in [3.8, 4) is 11.5 Å². The fraction of sp³-hybridized carbons (Fsp3) is 0.350. The fourth-order valence-corrected chi connectivity index (χ4v) is 2.95. The summed E-state index contributed by atoms with van der Waals surface area (Å²) in [5.41, 5.74) is 1.15. The Morgan fingerprint density at radius 1 is 1.04 bits per heavy atom. The smallest absolute Gasteiger partial charge is 0.235 e. The summed E-state index contributed by atoms with van der Waals surface area (Å²) in [7, 11) is 1.64. The molecule has 2 aromatic carbocycles. The second kappa shape index (κ2) is 6.56. The van der Waals surface area contributed by atoms with Crippen LogP contribution in [0.5, 0.6) is 11.5 Å². The van der Waals surface area contributed by atoms with Gasteiger partial charge in [0, 0.05) is 5.56 Å². The first-order valence-electron chi connectivity index (χ1n) is 8.27. The number of benzene rings is 2. The molecule has 3 rings (SSSR count). The Bertz CT molecular complexity index is 735. The number of methoxy groups -OCH3 is 1. The summed E-state index contributed by atoms with van der Waals surface area (Å²) in [4.78, 5) is 13.0. The van der Waals surface area contributed by atoms with Gasteiger partial charge in [-0.1, -0.05) is 30.3 Å². The van der Waals surface area contributed by atoms with Crippen LogP contribution in [0, 0.1) is 0 Å². The Morgan fingerprint density at radius 3 is 2.29 bits per heavy atom. The summed E-state index contributed by atoms with van der Waals surface area (Å²) in [6.45, 7) is 3.94. The third-order valence-corrected chi connectivity index (χ3v) is 4.31. The van der Waals surface area contributed by atoms with Crippen molar-refractivity contribution in [2.45, 2.75) is 38.2 Å². The topological polar surface area (TPSA) is 47.6 Å². The maximum absolute atomic E-state index is 13.0. The first-order chi connectivity index (χ1) is 11.6. The molecule has 0 radical (unpaired) electrons. The number of para-hydroxylation sites is 3. The largest absolute Gasteiger partial charge is 0.496 e. The Balaban J connectivity index is 1.86. The summed E-state index contributed by atoms with van der Waals surface area (Å²) in [5, 5.41) is 3.05. The van der Waals surface area contributed by atoms with Crippen molar-refractivity contribution in [2.24, 2.45) is 0 Å². The standard InChI is InChI=1S/C20H23NO3/c1-14(2)24-18-11-7-5-9-16(18)21-19(22)20(12-13-20)15-8-4-6-10-17(15)23-3/h4-11,14H,12-13H2,1-3H3,(H,21,22). The lowest BCUT2D eigenvalue weighted by Gasteiger charge is -2.20. The molecule has 0 bridgehead atoms. The Morgan fingerprint density at radius 2 is 1.67 bits per heavy atom. The molecule has 1 aliphatic rings. The number of carbonyl (C=O) groups excluding carboxylic acids is 1. The zero-order valence-corrected chi connectivity index (χ0v) is 14.3. The molecule has 1 aliphatic carbocycles. The number of rotatable bonds is 6. The molecule has 1 fully saturated rings. The average Bonchev–Trinajstić information content (AvgIpc) is 3.38. The highest BCUT2D eigenvalue weighted by atomic mass is 16.5. The number of carbonyl (C=O) groups is 1. The van der Waals surface area contributed by atoms with Crippen molar-refractivity contribution in [1.82, 2.24) is 0 Å². The molecule has 0 unspecified atom stereocenters. The molecule has 24 heavy (non-hydrogen) atoms. The van der Waals surface area contributed by atoms with Gasteiger partial charge in [0.05, 0.1) is 24.3 Å². The second-order valence-electron chi connectivity index (χ2n) is 6.40. The van der Waals surface area contributed by atoms with E-state index in [0.717, 1.165) is 24.2 Å². The maximum atomic E-state index is 13.0. The number of hydrogen-bond donors (Lipinski definition) is 1. The fourth-order valence-electron chi connectivity index (χ4n) is 2.95. The van der Waals surface area contributed by atoms with E-state index in [4.69, 9.17) is 9.47 Å². The summed E-state index contributed by atoms with van der Waals surface area (Å²) in [6.07, 6.45) is 1.70. The van der Waals surface area contributed by atoms with Gasteiger partial charge in [0.2, 0.25) is 5.91 Å². The van der Waals surface area contributed by atoms with Crippen LogP contribution in [0.25, 0.3) is 0 Å². The van der Waals surface area contributed by atoms with Crippen molar-refractivity contribution < 1.29 is 14.3 Å². The van der Waals surface area contributed by atoms with E-state index in [0.29, 0.717) is 11.4 Å². The molecule has 0 spiro atoms. The van der Waals surface area contributed by atoms with Gasteiger partial charge in [-0.05, 0) is 44.9 Å². The van der Waals surface area contributed by atoms with Crippen molar-refractivity contribution in [3.63, 3.8) is 0 Å². The first kappa shape index (κ1) is 16.4. The number of ether oxygens (including phenoxy) is 2. The molecule has 1 N–H and O–H groups in total. The van der Waals surface area contributed by atoms with Gasteiger partial charge in [-0.3, -0.25) is 4.79 Å². The van der Waals surface area contributed by atoms with Crippen molar-refractivity contribution in [1.29, 1.82) is 0 Å². The summed E-state index contributed by atoms with van der Waals surface area (Å²) >= 11 is 0. The third kappa shape index (κ3) is 3.09. The number of amides is 1. The zero-order chi connectivity index (χ0) is 17.2. The van der Waals surface area contributed by atoms with Gasteiger partial charge in [0.15, 0.2) is 0 Å². The van der Waals surface area contributed by atoms with E-state index in [1.54, 1.807) is 7.11 Å². The predicted octanol–water partition coefficient (Wildman–Crippen LogP) is 4.15. The van der Waals surface area contributed by atoms with Crippen LogP contribution in [0.2, 0.25) is 0 Å². The lowest BCUT2D eigenvalue weighted by Crippen LogP contribution is -2.28. The van der Waals surface area contributed by atoms with Gasteiger partial charge in [0.25, 0.3) is 0 Å². The van der Waals surface area contributed by atoms with E-state index in [2.05, 4.69) is 5.32 Å². The van der Waals surface area contributed by atoms with E-state index in [9.17, 15) is 4.79 Å². The van der Waals surface area contributed by atoms with Crippen LogP contribution in [0.1, 0.15) is 32.3 Å². The summed E-state index contributed by atoms with van der Waals surface area (Å²) in [6, 6.07) is 15.3. The average molecular weight is 325 g/mol. The van der Waals surface area contributed by atoms with Crippen molar-refractivity contribution in [3.05, 3.63) is 54.1 Å². The zero-order valence-electron chi connectivity index (χ0n) is 14.3. The first-order valence-corrected chi connectivity index (χ1v) is 8.27. The molecule has 0 aromatic heterocycles. The van der Waals surface area contributed by atoms with Gasteiger partial charge in [-0.15, -0.1) is 0 Å². The number of nitrogens with one attached hydrogen (secondary N) is 1. The SMILES string of the molecule is COc1ccccc1C1(C(=O)Nc2ccccc2OC(C)C)CC1. The normalized spacial score (nSPS) is 15.0. The van der Waals surface area contributed by atoms with Crippen molar-refractivity contribution >= 4 is 11.6 Å². The lowest BCUT2D eigenvalue weighted by molar-refractivity contribution is -0.118. The van der Waals surface area contributed by atoms with Gasteiger partial charge < -0.3 is 14.8 Å². The highest BCUT2D eigenvalue weighted by Gasteiger charge is 2.52. The van der Waals surface area contributed by atoms with Crippen LogP contribution in [0.4, 0.5) is 5.69 Å². The van der Waals surface area contributed by atoms with E-state index in [1.807, 2.05) is 62.4 Å². The number of hydrogen-bond acceptors (Lipinski definition) is 3. The molecular weight excluding hydrogens is 302 g/mol. The molecule has 0 aliphatic heterocycles. The molecule has 0 saturated heterocycles. The van der Waals surface area contributed by atoms with Gasteiger partial charge in [-0.2, -0.15) is 0 Å². The highest BCUT2D eigenvalue weighted by Crippen LogP contribution is 2.52. The van der Waals surface area contributed by atoms with Gasteiger partial charge in [0.1, 0.15) is 11.5 Å².